The van der Waals surface area contributed by atoms with Gasteiger partial charge in [-0.2, -0.15) is 0 Å². The first-order chi connectivity index (χ1) is 10.7. The number of benzene rings is 1. The van der Waals surface area contributed by atoms with Crippen molar-refractivity contribution in [3.63, 3.8) is 0 Å². The quantitative estimate of drug-likeness (QED) is 0.892. The van der Waals surface area contributed by atoms with Crippen LogP contribution in [-0.4, -0.2) is 28.9 Å². The molecule has 22 heavy (non-hydrogen) atoms. The number of pyridine rings is 1. The number of nitrogens with zero attached hydrogens (tertiary/aromatic N) is 2. The Morgan fingerprint density at radius 2 is 1.91 bits per heavy atom. The lowest BCUT2D eigenvalue weighted by Crippen LogP contribution is -2.36. The zero-order chi connectivity index (χ0) is 15.4. The van der Waals surface area contributed by atoms with Gasteiger partial charge in [-0.15, -0.1) is 0 Å². The standard InChI is InChI=1S/C17H18BrN3O/c18-13-5-4-6-14(11-13)20-15-7-8-16(19-12-15)17(22)21-9-2-1-3-10-21/h4-8,11-12,20H,1-3,9-10H2. The number of aromatic nitrogens is 1. The third-order valence-corrected chi connectivity index (χ3v) is 4.23. The molecule has 1 fully saturated rings. The maximum absolute atomic E-state index is 12.4. The molecule has 0 bridgehead atoms. The van der Waals surface area contributed by atoms with Gasteiger partial charge in [-0.3, -0.25) is 4.79 Å². The van der Waals surface area contributed by atoms with E-state index in [-0.39, 0.29) is 5.91 Å². The number of rotatable bonds is 3. The van der Waals surface area contributed by atoms with Crippen LogP contribution >= 0.6 is 15.9 Å². The predicted molar refractivity (Wildman–Crippen MR) is 91.4 cm³/mol. The van der Waals surface area contributed by atoms with Crippen LogP contribution in [0.4, 0.5) is 11.4 Å². The third kappa shape index (κ3) is 3.65. The summed E-state index contributed by atoms with van der Waals surface area (Å²) in [6, 6.07) is 11.6. The molecule has 2 heterocycles. The molecule has 1 amide bonds. The Kier molecular flexibility index (Phi) is 4.73. The number of likely N-dealkylation sites (tertiary alicyclic amines) is 1. The second kappa shape index (κ2) is 6.92. The molecule has 1 aliphatic rings. The van der Waals surface area contributed by atoms with Crippen molar-refractivity contribution in [3.8, 4) is 0 Å². The summed E-state index contributed by atoms with van der Waals surface area (Å²) in [7, 11) is 0. The largest absolute Gasteiger partial charge is 0.354 e. The summed E-state index contributed by atoms with van der Waals surface area (Å²) in [6.45, 7) is 1.69. The Bertz CT molecular complexity index is 651. The maximum atomic E-state index is 12.4. The number of anilines is 2. The normalized spacial score (nSPS) is 14.7. The van der Waals surface area contributed by atoms with E-state index in [2.05, 4.69) is 26.2 Å². The first-order valence-electron chi connectivity index (χ1n) is 7.50. The fraction of sp³-hybridized carbons (Fsp3) is 0.294. The Hall–Kier alpha value is -1.88. The second-order valence-electron chi connectivity index (χ2n) is 5.42. The minimum absolute atomic E-state index is 0.0358. The number of nitrogens with one attached hydrogen (secondary N) is 1. The van der Waals surface area contributed by atoms with Crippen LogP contribution in [0.15, 0.2) is 47.1 Å². The molecule has 0 aliphatic carbocycles. The van der Waals surface area contributed by atoms with E-state index in [0.29, 0.717) is 5.69 Å². The molecule has 2 aromatic rings. The number of hydrogen-bond acceptors (Lipinski definition) is 3. The van der Waals surface area contributed by atoms with Crippen LogP contribution in [-0.2, 0) is 0 Å². The molecule has 0 spiro atoms. The lowest BCUT2D eigenvalue weighted by atomic mass is 10.1. The summed E-state index contributed by atoms with van der Waals surface area (Å²) in [5, 5.41) is 3.27. The van der Waals surface area contributed by atoms with E-state index < -0.39 is 0 Å². The SMILES string of the molecule is O=C(c1ccc(Nc2cccc(Br)c2)cn1)N1CCCCC1. The molecule has 1 aromatic carbocycles. The number of carbonyl (C=O) groups excluding carboxylic acids is 1. The van der Waals surface area contributed by atoms with Gasteiger partial charge in [0, 0.05) is 23.2 Å². The molecule has 1 aliphatic heterocycles. The highest BCUT2D eigenvalue weighted by Crippen LogP contribution is 2.20. The number of hydrogen-bond donors (Lipinski definition) is 1. The summed E-state index contributed by atoms with van der Waals surface area (Å²) < 4.78 is 1.02. The summed E-state index contributed by atoms with van der Waals surface area (Å²) in [6.07, 6.45) is 5.10. The van der Waals surface area contributed by atoms with Gasteiger partial charge in [-0.1, -0.05) is 22.0 Å². The van der Waals surface area contributed by atoms with Gasteiger partial charge < -0.3 is 10.2 Å². The molecule has 1 saturated heterocycles. The molecule has 5 heteroatoms. The van der Waals surface area contributed by atoms with Crippen molar-refractivity contribution in [1.29, 1.82) is 0 Å². The van der Waals surface area contributed by atoms with Gasteiger partial charge in [0.15, 0.2) is 0 Å². The van der Waals surface area contributed by atoms with Crippen LogP contribution in [0, 0.1) is 0 Å². The van der Waals surface area contributed by atoms with Gasteiger partial charge in [0.25, 0.3) is 5.91 Å². The van der Waals surface area contributed by atoms with Crippen molar-refractivity contribution >= 4 is 33.2 Å². The highest BCUT2D eigenvalue weighted by molar-refractivity contribution is 9.10. The molecule has 114 valence electrons. The topological polar surface area (TPSA) is 45.2 Å². The average Bonchev–Trinajstić information content (AvgIpc) is 2.56. The van der Waals surface area contributed by atoms with E-state index in [4.69, 9.17) is 0 Å². The van der Waals surface area contributed by atoms with Crippen LogP contribution in [0.5, 0.6) is 0 Å². The molecule has 0 atom stereocenters. The van der Waals surface area contributed by atoms with Crippen LogP contribution in [0.1, 0.15) is 29.8 Å². The Morgan fingerprint density at radius 1 is 1.09 bits per heavy atom. The monoisotopic (exact) mass is 359 g/mol. The first kappa shape index (κ1) is 15.0. The number of halogens is 1. The first-order valence-corrected chi connectivity index (χ1v) is 8.29. The highest BCUT2D eigenvalue weighted by Gasteiger charge is 2.18. The molecule has 0 saturated carbocycles. The van der Waals surface area contributed by atoms with Crippen LogP contribution < -0.4 is 5.32 Å². The highest BCUT2D eigenvalue weighted by atomic mass is 79.9. The van der Waals surface area contributed by atoms with Gasteiger partial charge in [0.05, 0.1) is 11.9 Å². The van der Waals surface area contributed by atoms with Crippen LogP contribution in [0.3, 0.4) is 0 Å². The average molecular weight is 360 g/mol. The fourth-order valence-corrected chi connectivity index (χ4v) is 2.99. The molecule has 3 rings (SSSR count). The second-order valence-corrected chi connectivity index (χ2v) is 6.34. The number of amides is 1. The van der Waals surface area contributed by atoms with Gasteiger partial charge in [0.1, 0.15) is 5.69 Å². The van der Waals surface area contributed by atoms with Gasteiger partial charge in [-0.25, -0.2) is 4.98 Å². The van der Waals surface area contributed by atoms with Crippen molar-refractivity contribution in [2.45, 2.75) is 19.3 Å². The fourth-order valence-electron chi connectivity index (χ4n) is 2.59. The molecular weight excluding hydrogens is 342 g/mol. The molecule has 0 unspecified atom stereocenters. The van der Waals surface area contributed by atoms with Gasteiger partial charge in [-0.05, 0) is 49.6 Å². The van der Waals surface area contributed by atoms with E-state index in [0.717, 1.165) is 41.8 Å². The zero-order valence-corrected chi connectivity index (χ0v) is 13.8. The third-order valence-electron chi connectivity index (χ3n) is 3.74. The van der Waals surface area contributed by atoms with Crippen molar-refractivity contribution in [2.75, 3.05) is 18.4 Å². The Balaban J connectivity index is 1.68. The molecule has 0 radical (unpaired) electrons. The zero-order valence-electron chi connectivity index (χ0n) is 12.3. The van der Waals surface area contributed by atoms with Crippen molar-refractivity contribution in [2.24, 2.45) is 0 Å². The van der Waals surface area contributed by atoms with E-state index in [9.17, 15) is 4.79 Å². The molecule has 4 nitrogen and oxygen atoms in total. The summed E-state index contributed by atoms with van der Waals surface area (Å²) in [5.41, 5.74) is 2.36. The predicted octanol–water partition coefficient (Wildman–Crippen LogP) is 4.21. The van der Waals surface area contributed by atoms with E-state index in [1.165, 1.54) is 6.42 Å². The minimum Gasteiger partial charge on any atom is -0.354 e. The lowest BCUT2D eigenvalue weighted by Gasteiger charge is -2.26. The minimum atomic E-state index is 0.0358. The lowest BCUT2D eigenvalue weighted by molar-refractivity contribution is 0.0718. The number of piperidine rings is 1. The van der Waals surface area contributed by atoms with Gasteiger partial charge in [0.2, 0.25) is 0 Å². The maximum Gasteiger partial charge on any atom is 0.272 e. The summed E-state index contributed by atoms with van der Waals surface area (Å²) in [5.74, 6) is 0.0358. The summed E-state index contributed by atoms with van der Waals surface area (Å²) in [4.78, 5) is 18.6. The molecular formula is C17H18BrN3O. The smallest absolute Gasteiger partial charge is 0.272 e. The van der Waals surface area contributed by atoms with E-state index >= 15 is 0 Å². The Labute approximate surface area is 138 Å². The van der Waals surface area contributed by atoms with Crippen LogP contribution in [0.25, 0.3) is 0 Å². The number of carbonyl (C=O) groups is 1. The van der Waals surface area contributed by atoms with E-state index in [1.54, 1.807) is 12.3 Å². The van der Waals surface area contributed by atoms with Crippen molar-refractivity contribution in [3.05, 3.63) is 52.8 Å². The molecule has 1 N–H and O–H groups in total. The van der Waals surface area contributed by atoms with Crippen molar-refractivity contribution < 1.29 is 4.79 Å². The van der Waals surface area contributed by atoms with E-state index in [1.807, 2.05) is 35.2 Å². The Morgan fingerprint density at radius 3 is 2.59 bits per heavy atom. The van der Waals surface area contributed by atoms with Crippen LogP contribution in [0.2, 0.25) is 0 Å². The summed E-state index contributed by atoms with van der Waals surface area (Å²) >= 11 is 3.44. The van der Waals surface area contributed by atoms with Crippen molar-refractivity contribution in [1.82, 2.24) is 9.88 Å². The van der Waals surface area contributed by atoms with Gasteiger partial charge >= 0.3 is 0 Å². The molecule has 1 aromatic heterocycles.